The van der Waals surface area contributed by atoms with Gasteiger partial charge in [-0.3, -0.25) is 0 Å². The predicted octanol–water partition coefficient (Wildman–Crippen LogP) is 0.716. The summed E-state index contributed by atoms with van der Waals surface area (Å²) < 4.78 is 5.45. The minimum Gasteiger partial charge on any atom is -0.394 e. The zero-order chi connectivity index (χ0) is 11.5. The van der Waals surface area contributed by atoms with Crippen LogP contribution in [0.25, 0.3) is 0 Å². The van der Waals surface area contributed by atoms with Crippen molar-refractivity contribution in [3.05, 3.63) is 17.5 Å². The lowest BCUT2D eigenvalue weighted by atomic mass is 10.2. The number of aliphatic hydroxyl groups is 1. The molecule has 1 fully saturated rings. The van der Waals surface area contributed by atoms with Crippen LogP contribution in [0.5, 0.6) is 0 Å². The monoisotopic (exact) mass is 243 g/mol. The fourth-order valence-corrected chi connectivity index (χ4v) is 1.88. The third kappa shape index (κ3) is 2.42. The van der Waals surface area contributed by atoms with E-state index in [1.165, 1.54) is 0 Å². The number of hydrogen-bond donors (Lipinski definition) is 1. The Labute approximate surface area is 99.0 Å². The van der Waals surface area contributed by atoms with Crippen LogP contribution in [0.4, 0.5) is 5.82 Å². The third-order valence-corrected chi connectivity index (χ3v) is 2.80. The molecule has 1 aromatic rings. The first kappa shape index (κ1) is 11.6. The fraction of sp³-hybridized carbons (Fsp3) is 0.600. The van der Waals surface area contributed by atoms with Crippen LogP contribution < -0.4 is 4.90 Å². The van der Waals surface area contributed by atoms with Gasteiger partial charge in [-0.2, -0.15) is 0 Å². The number of hydrogen-bond acceptors (Lipinski definition) is 5. The standard InChI is InChI=1S/C10H14ClN3O2/c1-7-6-16-8(5-15)4-14(7)9-2-3-12-10(11)13-9/h2-3,7-8,15H,4-6H2,1H3. The normalized spacial score (nSPS) is 25.8. The summed E-state index contributed by atoms with van der Waals surface area (Å²) >= 11 is 5.75. The molecule has 0 amide bonds. The van der Waals surface area contributed by atoms with Crippen molar-refractivity contribution >= 4 is 17.4 Å². The van der Waals surface area contributed by atoms with E-state index in [1.807, 2.05) is 13.0 Å². The van der Waals surface area contributed by atoms with Crippen molar-refractivity contribution in [2.45, 2.75) is 19.1 Å². The summed E-state index contributed by atoms with van der Waals surface area (Å²) in [5, 5.41) is 9.32. The van der Waals surface area contributed by atoms with Crippen LogP contribution in [0.15, 0.2) is 12.3 Å². The molecule has 6 heteroatoms. The second-order valence-corrected chi connectivity index (χ2v) is 4.16. The summed E-state index contributed by atoms with van der Waals surface area (Å²) in [7, 11) is 0. The SMILES string of the molecule is CC1COC(CO)CN1c1ccnc(Cl)n1. The first-order chi connectivity index (χ1) is 7.70. The van der Waals surface area contributed by atoms with Crippen molar-refractivity contribution in [3.8, 4) is 0 Å². The Bertz CT molecular complexity index is 364. The molecule has 1 aromatic heterocycles. The van der Waals surface area contributed by atoms with Gasteiger partial charge in [-0.15, -0.1) is 0 Å². The van der Waals surface area contributed by atoms with Crippen LogP contribution in [0, 0.1) is 0 Å². The number of halogens is 1. The van der Waals surface area contributed by atoms with Crippen LogP contribution in [0.3, 0.4) is 0 Å². The molecular weight excluding hydrogens is 230 g/mol. The highest BCUT2D eigenvalue weighted by atomic mass is 35.5. The highest BCUT2D eigenvalue weighted by Gasteiger charge is 2.26. The van der Waals surface area contributed by atoms with Crippen molar-refractivity contribution < 1.29 is 9.84 Å². The molecule has 1 N–H and O–H groups in total. The van der Waals surface area contributed by atoms with Crippen LogP contribution in [0.1, 0.15) is 6.92 Å². The molecule has 5 nitrogen and oxygen atoms in total. The Morgan fingerprint density at radius 1 is 1.69 bits per heavy atom. The summed E-state index contributed by atoms with van der Waals surface area (Å²) in [4.78, 5) is 10.1. The van der Waals surface area contributed by atoms with Gasteiger partial charge in [0.15, 0.2) is 0 Å². The smallest absolute Gasteiger partial charge is 0.224 e. The maximum atomic E-state index is 9.09. The molecule has 2 heterocycles. The van der Waals surface area contributed by atoms with E-state index in [4.69, 9.17) is 21.4 Å². The quantitative estimate of drug-likeness (QED) is 0.776. The van der Waals surface area contributed by atoms with Gasteiger partial charge >= 0.3 is 0 Å². The first-order valence-electron chi connectivity index (χ1n) is 5.18. The molecule has 0 spiro atoms. The van der Waals surface area contributed by atoms with E-state index in [-0.39, 0.29) is 24.0 Å². The van der Waals surface area contributed by atoms with Crippen LogP contribution in [-0.4, -0.2) is 47.0 Å². The first-order valence-corrected chi connectivity index (χ1v) is 5.56. The lowest BCUT2D eigenvalue weighted by molar-refractivity contribution is -0.0105. The molecule has 88 valence electrons. The van der Waals surface area contributed by atoms with E-state index in [9.17, 15) is 0 Å². The number of nitrogens with zero attached hydrogens (tertiary/aromatic N) is 3. The van der Waals surface area contributed by atoms with Gasteiger partial charge in [0.1, 0.15) is 5.82 Å². The maximum Gasteiger partial charge on any atom is 0.224 e. The second kappa shape index (κ2) is 4.95. The summed E-state index contributed by atoms with van der Waals surface area (Å²) in [6.45, 7) is 3.25. The van der Waals surface area contributed by atoms with Gasteiger partial charge in [-0.05, 0) is 24.6 Å². The average molecular weight is 244 g/mol. The Kier molecular flexibility index (Phi) is 3.58. The number of rotatable bonds is 2. The van der Waals surface area contributed by atoms with Crippen LogP contribution >= 0.6 is 11.6 Å². The summed E-state index contributed by atoms with van der Waals surface area (Å²) in [5.41, 5.74) is 0. The highest BCUT2D eigenvalue weighted by Crippen LogP contribution is 2.20. The fourth-order valence-electron chi connectivity index (χ4n) is 1.73. The summed E-state index contributed by atoms with van der Waals surface area (Å²) in [6.07, 6.45) is 1.46. The Hall–Kier alpha value is -0.910. The molecule has 1 aliphatic heterocycles. The summed E-state index contributed by atoms with van der Waals surface area (Å²) in [6, 6.07) is 2.02. The topological polar surface area (TPSA) is 58.5 Å². The van der Waals surface area contributed by atoms with E-state index in [0.717, 1.165) is 5.82 Å². The molecule has 0 aliphatic carbocycles. The number of aliphatic hydroxyl groups excluding tert-OH is 1. The highest BCUT2D eigenvalue weighted by molar-refractivity contribution is 6.28. The molecule has 0 saturated carbocycles. The van der Waals surface area contributed by atoms with E-state index in [2.05, 4.69) is 14.9 Å². The molecule has 2 unspecified atom stereocenters. The van der Waals surface area contributed by atoms with Crippen molar-refractivity contribution in [1.29, 1.82) is 0 Å². The van der Waals surface area contributed by atoms with Crippen molar-refractivity contribution in [2.24, 2.45) is 0 Å². The summed E-state index contributed by atoms with van der Waals surface area (Å²) in [5.74, 6) is 0.772. The molecule has 1 aliphatic rings. The Balaban J connectivity index is 2.17. The minimum atomic E-state index is -0.162. The predicted molar refractivity (Wildman–Crippen MR) is 60.7 cm³/mol. The number of ether oxygens (including phenoxy) is 1. The third-order valence-electron chi connectivity index (χ3n) is 2.61. The van der Waals surface area contributed by atoms with Gasteiger partial charge in [0.2, 0.25) is 5.28 Å². The van der Waals surface area contributed by atoms with Gasteiger partial charge < -0.3 is 14.7 Å². The zero-order valence-electron chi connectivity index (χ0n) is 9.01. The molecular formula is C10H14ClN3O2. The second-order valence-electron chi connectivity index (χ2n) is 3.82. The Morgan fingerprint density at radius 2 is 2.50 bits per heavy atom. The maximum absolute atomic E-state index is 9.09. The number of aromatic nitrogens is 2. The van der Waals surface area contributed by atoms with Crippen molar-refractivity contribution in [1.82, 2.24) is 9.97 Å². The molecule has 16 heavy (non-hydrogen) atoms. The van der Waals surface area contributed by atoms with Gasteiger partial charge in [-0.1, -0.05) is 0 Å². The van der Waals surface area contributed by atoms with Crippen molar-refractivity contribution in [2.75, 3.05) is 24.7 Å². The van der Waals surface area contributed by atoms with E-state index >= 15 is 0 Å². The molecule has 2 atom stereocenters. The minimum absolute atomic E-state index is 0.0159. The van der Waals surface area contributed by atoms with Gasteiger partial charge in [0.05, 0.1) is 25.4 Å². The van der Waals surface area contributed by atoms with Crippen LogP contribution in [-0.2, 0) is 4.74 Å². The number of anilines is 1. The molecule has 0 radical (unpaired) electrons. The van der Waals surface area contributed by atoms with Gasteiger partial charge in [0.25, 0.3) is 0 Å². The number of morpholine rings is 1. The largest absolute Gasteiger partial charge is 0.394 e. The van der Waals surface area contributed by atoms with Crippen LogP contribution in [0.2, 0.25) is 5.28 Å². The molecule has 2 rings (SSSR count). The van der Waals surface area contributed by atoms with Crippen molar-refractivity contribution in [3.63, 3.8) is 0 Å². The van der Waals surface area contributed by atoms with E-state index in [1.54, 1.807) is 6.20 Å². The Morgan fingerprint density at radius 3 is 3.19 bits per heavy atom. The van der Waals surface area contributed by atoms with E-state index in [0.29, 0.717) is 13.2 Å². The van der Waals surface area contributed by atoms with Gasteiger partial charge in [0, 0.05) is 12.7 Å². The zero-order valence-corrected chi connectivity index (χ0v) is 9.76. The van der Waals surface area contributed by atoms with E-state index < -0.39 is 0 Å². The average Bonchev–Trinajstić information content (AvgIpc) is 2.30. The lowest BCUT2D eigenvalue weighted by Gasteiger charge is -2.38. The lowest BCUT2D eigenvalue weighted by Crippen LogP contribution is -2.50. The molecule has 0 aromatic carbocycles. The van der Waals surface area contributed by atoms with Gasteiger partial charge in [-0.25, -0.2) is 9.97 Å². The molecule has 1 saturated heterocycles. The molecule has 0 bridgehead atoms.